The fourth-order valence-corrected chi connectivity index (χ4v) is 8.32. The van der Waals surface area contributed by atoms with Gasteiger partial charge in [-0.15, -0.1) is 0 Å². The van der Waals surface area contributed by atoms with Gasteiger partial charge in [-0.05, 0) is 0 Å². The molecule has 0 N–H and O–H groups in total. The minimum absolute atomic E-state index is 0.484. The van der Waals surface area contributed by atoms with Crippen molar-refractivity contribution >= 4 is 39.2 Å². The van der Waals surface area contributed by atoms with E-state index in [4.69, 9.17) is 4.98 Å². The molecule has 0 fully saturated rings. The molecule has 2 aromatic carbocycles. The van der Waals surface area contributed by atoms with Crippen molar-refractivity contribution in [3.63, 3.8) is 0 Å². The Morgan fingerprint density at radius 2 is 1.79 bits per heavy atom. The summed E-state index contributed by atoms with van der Waals surface area (Å²) in [7, 11) is 0. The van der Waals surface area contributed by atoms with Crippen LogP contribution in [0.1, 0.15) is 25.3 Å². The minimum atomic E-state index is -2.21. The van der Waals surface area contributed by atoms with Crippen LogP contribution in [0.15, 0.2) is 53.7 Å². The van der Waals surface area contributed by atoms with Crippen LogP contribution in [0.3, 0.4) is 0 Å². The number of aromatic nitrogens is 1. The van der Waals surface area contributed by atoms with E-state index in [0.29, 0.717) is 5.92 Å². The zero-order valence-corrected chi connectivity index (χ0v) is 16.8. The number of rotatable bonds is 2. The first-order valence-corrected chi connectivity index (χ1v) is 15.0. The van der Waals surface area contributed by atoms with Crippen molar-refractivity contribution in [2.75, 3.05) is 0 Å². The topological polar surface area (TPSA) is 25.2 Å². The number of hydrogen-bond acceptors (Lipinski definition) is 2. The fourth-order valence-electron chi connectivity index (χ4n) is 3.66. The second kappa shape index (κ2) is 5.56. The van der Waals surface area contributed by atoms with Gasteiger partial charge in [-0.1, -0.05) is 0 Å². The molecular weight excluding hydrogens is 353 g/mol. The summed E-state index contributed by atoms with van der Waals surface area (Å²) in [6, 6.07) is 15.4. The van der Waals surface area contributed by atoms with E-state index in [0.717, 1.165) is 11.4 Å². The third kappa shape index (κ3) is 2.40. The summed E-state index contributed by atoms with van der Waals surface area (Å²) in [6.07, 6.45) is 1.90. The van der Waals surface area contributed by atoms with Gasteiger partial charge in [-0.25, -0.2) is 0 Å². The van der Waals surface area contributed by atoms with E-state index in [9.17, 15) is 0 Å². The third-order valence-electron chi connectivity index (χ3n) is 4.89. The van der Waals surface area contributed by atoms with Crippen LogP contribution in [0.5, 0.6) is 0 Å². The number of nitrogens with zero attached hydrogens (tertiary/aromatic N) is 2. The molecule has 0 bridgehead atoms. The van der Waals surface area contributed by atoms with Crippen molar-refractivity contribution in [1.82, 2.24) is 4.98 Å². The maximum atomic E-state index is 4.79. The van der Waals surface area contributed by atoms with Crippen LogP contribution in [0.25, 0.3) is 22.0 Å². The van der Waals surface area contributed by atoms with E-state index >= 15 is 0 Å². The second-order valence-electron chi connectivity index (χ2n) is 7.47. The Balaban J connectivity index is 2.02. The predicted octanol–water partition coefficient (Wildman–Crippen LogP) is 5.20. The quantitative estimate of drug-likeness (QED) is 0.566. The van der Waals surface area contributed by atoms with E-state index < -0.39 is 13.3 Å². The first-order chi connectivity index (χ1) is 11.5. The summed E-state index contributed by atoms with van der Waals surface area (Å²) in [5.74, 6) is 5.27. The molecule has 1 aliphatic rings. The molecule has 1 aliphatic heterocycles. The Bertz CT molecular complexity index is 971. The van der Waals surface area contributed by atoms with Crippen molar-refractivity contribution in [1.29, 1.82) is 0 Å². The van der Waals surface area contributed by atoms with Gasteiger partial charge in [0.1, 0.15) is 0 Å². The van der Waals surface area contributed by atoms with Gasteiger partial charge in [0.2, 0.25) is 0 Å². The summed E-state index contributed by atoms with van der Waals surface area (Å²) in [5, 5.41) is 4.86. The van der Waals surface area contributed by atoms with Crippen LogP contribution in [0, 0.1) is 0 Å². The van der Waals surface area contributed by atoms with Crippen molar-refractivity contribution in [3.05, 3.63) is 54.2 Å². The zero-order valence-electron chi connectivity index (χ0n) is 14.7. The molecule has 24 heavy (non-hydrogen) atoms. The van der Waals surface area contributed by atoms with Crippen LogP contribution in [0.2, 0.25) is 11.5 Å². The summed E-state index contributed by atoms with van der Waals surface area (Å²) in [6.45, 7) is 4.53. The monoisotopic (exact) mass is 376 g/mol. The van der Waals surface area contributed by atoms with E-state index in [2.05, 4.69) is 77.9 Å². The van der Waals surface area contributed by atoms with Crippen molar-refractivity contribution in [2.24, 2.45) is 4.99 Å². The summed E-state index contributed by atoms with van der Waals surface area (Å²) >= 11 is -2.21. The van der Waals surface area contributed by atoms with Gasteiger partial charge in [-0.3, -0.25) is 0 Å². The summed E-state index contributed by atoms with van der Waals surface area (Å²) in [5.41, 5.74) is 4.90. The van der Waals surface area contributed by atoms with Gasteiger partial charge in [0, 0.05) is 0 Å². The Kier molecular flexibility index (Phi) is 3.61. The molecule has 2 heterocycles. The Morgan fingerprint density at radius 1 is 1.00 bits per heavy atom. The van der Waals surface area contributed by atoms with Crippen LogP contribution in [-0.4, -0.2) is 23.3 Å². The van der Waals surface area contributed by atoms with Crippen LogP contribution >= 0.6 is 0 Å². The molecule has 0 saturated heterocycles. The van der Waals surface area contributed by atoms with Crippen molar-refractivity contribution < 1.29 is 0 Å². The molecule has 0 saturated carbocycles. The van der Waals surface area contributed by atoms with Gasteiger partial charge >= 0.3 is 146 Å². The Labute approximate surface area is 146 Å². The van der Waals surface area contributed by atoms with E-state index in [1.54, 1.807) is 0 Å². The van der Waals surface area contributed by atoms with E-state index in [-0.39, 0.29) is 0 Å². The fraction of sp³-hybridized carbons (Fsp3) is 0.238. The molecule has 0 amide bonds. The summed E-state index contributed by atoms with van der Waals surface area (Å²) in [4.78, 5) is 9.47. The van der Waals surface area contributed by atoms with E-state index in [1.807, 2.05) is 6.20 Å². The first-order valence-electron chi connectivity index (χ1n) is 8.55. The number of hydrogen-bond donors (Lipinski definition) is 0. The molecule has 3 heteroatoms. The molecule has 4 rings (SSSR count). The van der Waals surface area contributed by atoms with Gasteiger partial charge in [0.25, 0.3) is 0 Å². The molecule has 3 aromatic rings. The summed E-state index contributed by atoms with van der Waals surface area (Å²) < 4.78 is 1.42. The molecule has 120 valence electrons. The average Bonchev–Trinajstić information content (AvgIpc) is 2.89. The standard InChI is InChI=1S/C21H22GeN2/c1-14(2)18-12-16(11-15-7-5-6-8-17(15)18)21-20-19(9-10-23-21)24-13-22(20,3)4/h5-14H,1-4H3. The molecule has 0 aliphatic carbocycles. The van der Waals surface area contributed by atoms with Crippen LogP contribution in [0.4, 0.5) is 5.69 Å². The van der Waals surface area contributed by atoms with Gasteiger partial charge in [-0.2, -0.15) is 0 Å². The van der Waals surface area contributed by atoms with Crippen LogP contribution in [-0.2, 0) is 0 Å². The molecular formula is C21H22GeN2. The number of aliphatic imine (C=N–C) groups is 1. The molecule has 0 unspecified atom stereocenters. The zero-order chi connectivity index (χ0) is 16.9. The first kappa shape index (κ1) is 15.6. The van der Waals surface area contributed by atoms with Crippen LogP contribution < -0.4 is 4.40 Å². The molecule has 1 aromatic heterocycles. The number of pyridine rings is 1. The van der Waals surface area contributed by atoms with Gasteiger partial charge in [0.05, 0.1) is 0 Å². The molecule has 0 atom stereocenters. The maximum absolute atomic E-state index is 4.79. The molecule has 0 radical (unpaired) electrons. The number of fused-ring (bicyclic) bond motifs is 2. The Morgan fingerprint density at radius 3 is 2.58 bits per heavy atom. The van der Waals surface area contributed by atoms with Crippen molar-refractivity contribution in [2.45, 2.75) is 31.3 Å². The number of benzene rings is 2. The SMILES string of the molecule is CC(C)c1cc(-c2nccc3[c]2[Ge]([CH3])([CH3])[CH]=N3)cc2ccccc12. The average molecular weight is 375 g/mol. The van der Waals surface area contributed by atoms with Crippen molar-refractivity contribution in [3.8, 4) is 11.3 Å². The van der Waals surface area contributed by atoms with E-state index in [1.165, 1.54) is 26.3 Å². The molecule has 2 nitrogen and oxygen atoms in total. The predicted molar refractivity (Wildman–Crippen MR) is 107 cm³/mol. The third-order valence-corrected chi connectivity index (χ3v) is 10.3. The molecule has 0 spiro atoms. The second-order valence-corrected chi connectivity index (χ2v) is 16.3. The Hall–Kier alpha value is -1.94. The van der Waals surface area contributed by atoms with Gasteiger partial charge < -0.3 is 0 Å². The normalized spacial score (nSPS) is 15.2. The van der Waals surface area contributed by atoms with Gasteiger partial charge in [0.15, 0.2) is 0 Å².